The number of rotatable bonds is 4. The molecule has 1 aliphatic carbocycles. The van der Waals surface area contributed by atoms with E-state index in [0.29, 0.717) is 6.61 Å². The van der Waals surface area contributed by atoms with Gasteiger partial charge in [0.15, 0.2) is 0 Å². The van der Waals surface area contributed by atoms with Gasteiger partial charge in [-0.25, -0.2) is 4.79 Å². The molecule has 1 aromatic rings. The van der Waals surface area contributed by atoms with Gasteiger partial charge in [-0.1, -0.05) is 0 Å². The Hall–Kier alpha value is -0.830. The number of esters is 1. The summed E-state index contributed by atoms with van der Waals surface area (Å²) in [5.41, 5.74) is 1.25. The molecule has 1 aliphatic rings. The molecule has 0 aliphatic heterocycles. The summed E-state index contributed by atoms with van der Waals surface area (Å²) in [7, 11) is 0. The summed E-state index contributed by atoms with van der Waals surface area (Å²) in [6.45, 7) is 4.37. The minimum absolute atomic E-state index is 0.173. The molecular formula is C12H16O2S. The van der Waals surface area contributed by atoms with Crippen molar-refractivity contribution in [2.24, 2.45) is 5.92 Å². The second-order valence-corrected chi connectivity index (χ2v) is 5.22. The van der Waals surface area contributed by atoms with Crippen LogP contribution in [0.15, 0.2) is 6.07 Å². The molecule has 0 N–H and O–H groups in total. The quantitative estimate of drug-likeness (QED) is 0.734. The second-order valence-electron chi connectivity index (χ2n) is 4.08. The highest BCUT2D eigenvalue weighted by Gasteiger charge is 2.24. The average Bonchev–Trinajstić information content (AvgIpc) is 2.92. The summed E-state index contributed by atoms with van der Waals surface area (Å²) in [4.78, 5) is 13.6. The van der Waals surface area contributed by atoms with Gasteiger partial charge in [0.2, 0.25) is 0 Å². The van der Waals surface area contributed by atoms with Gasteiger partial charge in [-0.05, 0) is 50.7 Å². The van der Waals surface area contributed by atoms with Crippen LogP contribution in [-0.4, -0.2) is 12.6 Å². The summed E-state index contributed by atoms with van der Waals surface area (Å²) in [6.07, 6.45) is 3.86. The van der Waals surface area contributed by atoms with Crippen molar-refractivity contribution in [3.05, 3.63) is 21.4 Å². The lowest BCUT2D eigenvalue weighted by atomic mass is 10.2. The second kappa shape index (κ2) is 4.35. The molecule has 2 nitrogen and oxygen atoms in total. The number of carbonyl (C=O) groups excluding carboxylic acids is 1. The third kappa shape index (κ3) is 2.59. The van der Waals surface area contributed by atoms with Crippen LogP contribution in [0.4, 0.5) is 0 Å². The first-order valence-corrected chi connectivity index (χ1v) is 6.28. The van der Waals surface area contributed by atoms with Crippen LogP contribution in [0.3, 0.4) is 0 Å². The van der Waals surface area contributed by atoms with Crippen LogP contribution in [0, 0.1) is 12.8 Å². The van der Waals surface area contributed by atoms with Gasteiger partial charge in [-0.15, -0.1) is 11.3 Å². The molecular weight excluding hydrogens is 208 g/mol. The normalized spacial score (nSPS) is 15.3. The molecule has 0 spiro atoms. The van der Waals surface area contributed by atoms with Crippen LogP contribution in [-0.2, 0) is 11.2 Å². The molecule has 0 unspecified atom stereocenters. The van der Waals surface area contributed by atoms with Gasteiger partial charge in [-0.3, -0.25) is 0 Å². The summed E-state index contributed by atoms with van der Waals surface area (Å²) in [5, 5.41) is 0. The molecule has 1 saturated carbocycles. The van der Waals surface area contributed by atoms with Gasteiger partial charge in [0.25, 0.3) is 0 Å². The molecule has 0 aromatic carbocycles. The monoisotopic (exact) mass is 224 g/mol. The molecule has 1 aromatic heterocycles. The van der Waals surface area contributed by atoms with Crippen molar-refractivity contribution in [1.82, 2.24) is 0 Å². The summed E-state index contributed by atoms with van der Waals surface area (Å²) < 4.78 is 4.99. The smallest absolute Gasteiger partial charge is 0.348 e. The van der Waals surface area contributed by atoms with Gasteiger partial charge < -0.3 is 4.74 Å². The highest BCUT2D eigenvalue weighted by atomic mass is 32.1. The lowest BCUT2D eigenvalue weighted by Gasteiger charge is -1.97. The molecule has 15 heavy (non-hydrogen) atoms. The van der Waals surface area contributed by atoms with Crippen LogP contribution in [0.5, 0.6) is 0 Å². The number of aryl methyl sites for hydroxylation is 1. The largest absolute Gasteiger partial charge is 0.462 e. The Morgan fingerprint density at radius 1 is 1.60 bits per heavy atom. The first-order chi connectivity index (χ1) is 7.20. The third-order valence-electron chi connectivity index (χ3n) is 2.67. The van der Waals surface area contributed by atoms with E-state index in [1.807, 2.05) is 13.0 Å². The molecule has 82 valence electrons. The number of hydrogen-bond acceptors (Lipinski definition) is 3. The first-order valence-electron chi connectivity index (χ1n) is 5.47. The molecule has 3 heteroatoms. The number of carbonyl (C=O) groups is 1. The fourth-order valence-electron chi connectivity index (χ4n) is 1.61. The van der Waals surface area contributed by atoms with Gasteiger partial charge in [-0.2, -0.15) is 0 Å². The molecule has 0 atom stereocenters. The van der Waals surface area contributed by atoms with E-state index in [-0.39, 0.29) is 5.97 Å². The standard InChI is InChI=1S/C12H16O2S/c1-3-14-12(13)11-6-8(2)10(15-11)7-9-4-5-9/h6,9H,3-5,7H2,1-2H3. The van der Waals surface area contributed by atoms with Crippen molar-refractivity contribution in [3.63, 3.8) is 0 Å². The molecule has 0 radical (unpaired) electrons. The Bertz CT molecular complexity index is 364. The highest BCUT2D eigenvalue weighted by molar-refractivity contribution is 7.14. The zero-order valence-electron chi connectivity index (χ0n) is 9.21. The lowest BCUT2D eigenvalue weighted by molar-refractivity contribution is 0.0532. The van der Waals surface area contributed by atoms with E-state index in [0.717, 1.165) is 17.2 Å². The fourth-order valence-corrected chi connectivity index (χ4v) is 2.79. The van der Waals surface area contributed by atoms with Crippen molar-refractivity contribution in [2.45, 2.75) is 33.1 Å². The van der Waals surface area contributed by atoms with Gasteiger partial charge in [0.05, 0.1) is 6.61 Å². The number of ether oxygens (including phenoxy) is 1. The predicted octanol–water partition coefficient (Wildman–Crippen LogP) is 3.19. The van der Waals surface area contributed by atoms with Crippen molar-refractivity contribution < 1.29 is 9.53 Å². The van der Waals surface area contributed by atoms with Gasteiger partial charge in [0, 0.05) is 4.88 Å². The Morgan fingerprint density at radius 3 is 2.93 bits per heavy atom. The topological polar surface area (TPSA) is 26.3 Å². The highest BCUT2D eigenvalue weighted by Crippen LogP contribution is 2.36. The average molecular weight is 224 g/mol. The van der Waals surface area contributed by atoms with Crippen molar-refractivity contribution >= 4 is 17.3 Å². The maximum Gasteiger partial charge on any atom is 0.348 e. The zero-order chi connectivity index (χ0) is 10.8. The summed E-state index contributed by atoms with van der Waals surface area (Å²) in [5.74, 6) is 0.699. The van der Waals surface area contributed by atoms with E-state index < -0.39 is 0 Å². The van der Waals surface area contributed by atoms with E-state index in [1.54, 1.807) is 11.3 Å². The molecule has 1 fully saturated rings. The van der Waals surface area contributed by atoms with E-state index in [2.05, 4.69) is 6.92 Å². The van der Waals surface area contributed by atoms with Crippen LogP contribution in [0.25, 0.3) is 0 Å². The minimum atomic E-state index is -0.173. The lowest BCUT2D eigenvalue weighted by Crippen LogP contribution is -2.01. The maximum atomic E-state index is 11.5. The molecule has 0 bridgehead atoms. The summed E-state index contributed by atoms with van der Waals surface area (Å²) in [6, 6.07) is 1.96. The van der Waals surface area contributed by atoms with E-state index >= 15 is 0 Å². The predicted molar refractivity (Wildman–Crippen MR) is 61.4 cm³/mol. The molecule has 0 amide bonds. The van der Waals surface area contributed by atoms with Crippen molar-refractivity contribution in [3.8, 4) is 0 Å². The van der Waals surface area contributed by atoms with Crippen LogP contribution in [0.1, 0.15) is 39.9 Å². The maximum absolute atomic E-state index is 11.5. The van der Waals surface area contributed by atoms with Gasteiger partial charge >= 0.3 is 5.97 Å². The first kappa shape index (κ1) is 10.7. The Kier molecular flexibility index (Phi) is 3.10. The number of hydrogen-bond donors (Lipinski definition) is 0. The number of thiophene rings is 1. The Labute approximate surface area is 94.3 Å². The van der Waals surface area contributed by atoms with E-state index in [9.17, 15) is 4.79 Å². The Balaban J connectivity index is 2.08. The Morgan fingerprint density at radius 2 is 2.33 bits per heavy atom. The van der Waals surface area contributed by atoms with Crippen molar-refractivity contribution in [2.75, 3.05) is 6.61 Å². The third-order valence-corrected chi connectivity index (χ3v) is 3.91. The molecule has 0 saturated heterocycles. The van der Waals surface area contributed by atoms with Crippen molar-refractivity contribution in [1.29, 1.82) is 0 Å². The SMILES string of the molecule is CCOC(=O)c1cc(C)c(CC2CC2)s1. The van der Waals surface area contributed by atoms with E-state index in [4.69, 9.17) is 4.74 Å². The molecule has 2 rings (SSSR count). The van der Waals surface area contributed by atoms with Crippen LogP contribution < -0.4 is 0 Å². The van der Waals surface area contributed by atoms with Crippen LogP contribution in [0.2, 0.25) is 0 Å². The van der Waals surface area contributed by atoms with Gasteiger partial charge in [0.1, 0.15) is 4.88 Å². The summed E-state index contributed by atoms with van der Waals surface area (Å²) >= 11 is 1.60. The fraction of sp³-hybridized carbons (Fsp3) is 0.583. The minimum Gasteiger partial charge on any atom is -0.462 e. The van der Waals surface area contributed by atoms with Crippen LogP contribution >= 0.6 is 11.3 Å². The van der Waals surface area contributed by atoms with E-state index in [1.165, 1.54) is 23.3 Å². The molecule has 1 heterocycles. The zero-order valence-corrected chi connectivity index (χ0v) is 10.0.